The van der Waals surface area contributed by atoms with Gasteiger partial charge in [-0.1, -0.05) is 6.07 Å². The van der Waals surface area contributed by atoms with E-state index in [4.69, 9.17) is 0 Å². The predicted molar refractivity (Wildman–Crippen MR) is 78.3 cm³/mol. The Hall–Kier alpha value is -1.81. The Balaban J connectivity index is 1.65. The second-order valence-electron chi connectivity index (χ2n) is 5.51. The normalized spacial score (nSPS) is 19.9. The first kappa shape index (κ1) is 13.2. The van der Waals surface area contributed by atoms with Gasteiger partial charge in [0.1, 0.15) is 0 Å². The van der Waals surface area contributed by atoms with Crippen molar-refractivity contribution in [1.82, 2.24) is 19.9 Å². The summed E-state index contributed by atoms with van der Waals surface area (Å²) in [5.74, 6) is 0.593. The SMILES string of the molecule is Cc1cnc(CN2CCCC(c3cccnc3)C2)cn1. The Morgan fingerprint density at radius 3 is 2.95 bits per heavy atom. The standard InChI is InChI=1S/C16H20N4/c1-13-8-19-16(10-18-13)12-20-7-3-5-15(11-20)14-4-2-6-17-9-14/h2,4,6,8-10,15H,3,5,7,11-12H2,1H3. The summed E-state index contributed by atoms with van der Waals surface area (Å²) in [5, 5.41) is 0. The molecule has 4 nitrogen and oxygen atoms in total. The molecule has 1 atom stereocenters. The van der Waals surface area contributed by atoms with Gasteiger partial charge in [0, 0.05) is 37.9 Å². The van der Waals surface area contributed by atoms with Crippen LogP contribution in [-0.4, -0.2) is 32.9 Å². The Kier molecular flexibility index (Phi) is 4.02. The predicted octanol–water partition coefficient (Wildman–Crippen LogP) is 2.56. The number of hydrogen-bond donors (Lipinski definition) is 0. The fourth-order valence-electron chi connectivity index (χ4n) is 2.82. The first-order valence-electron chi connectivity index (χ1n) is 7.21. The third-order valence-corrected chi connectivity index (χ3v) is 3.88. The number of aryl methyl sites for hydroxylation is 1. The van der Waals surface area contributed by atoms with E-state index in [0.29, 0.717) is 5.92 Å². The number of pyridine rings is 1. The van der Waals surface area contributed by atoms with Gasteiger partial charge in [-0.15, -0.1) is 0 Å². The van der Waals surface area contributed by atoms with Crippen LogP contribution in [0.4, 0.5) is 0 Å². The summed E-state index contributed by atoms with van der Waals surface area (Å²) in [5.41, 5.74) is 3.38. The van der Waals surface area contributed by atoms with Crippen LogP contribution < -0.4 is 0 Å². The fourth-order valence-corrected chi connectivity index (χ4v) is 2.82. The van der Waals surface area contributed by atoms with Gasteiger partial charge in [-0.2, -0.15) is 0 Å². The van der Waals surface area contributed by atoms with E-state index < -0.39 is 0 Å². The van der Waals surface area contributed by atoms with Gasteiger partial charge >= 0.3 is 0 Å². The van der Waals surface area contributed by atoms with Gasteiger partial charge in [0.15, 0.2) is 0 Å². The van der Waals surface area contributed by atoms with E-state index in [1.54, 1.807) is 0 Å². The minimum Gasteiger partial charge on any atom is -0.297 e. The number of hydrogen-bond acceptors (Lipinski definition) is 4. The maximum absolute atomic E-state index is 4.45. The number of likely N-dealkylation sites (tertiary alicyclic amines) is 1. The van der Waals surface area contributed by atoms with Crippen LogP contribution in [0.25, 0.3) is 0 Å². The molecule has 2 aromatic rings. The van der Waals surface area contributed by atoms with Crippen molar-refractivity contribution in [3.05, 3.63) is 53.9 Å². The maximum Gasteiger partial charge on any atom is 0.0727 e. The summed E-state index contributed by atoms with van der Waals surface area (Å²) >= 11 is 0. The molecule has 20 heavy (non-hydrogen) atoms. The summed E-state index contributed by atoms with van der Waals surface area (Å²) in [6, 6.07) is 4.21. The van der Waals surface area contributed by atoms with Gasteiger partial charge in [0.2, 0.25) is 0 Å². The maximum atomic E-state index is 4.45. The molecule has 0 bridgehead atoms. The highest BCUT2D eigenvalue weighted by atomic mass is 15.1. The van der Waals surface area contributed by atoms with Gasteiger partial charge < -0.3 is 0 Å². The highest BCUT2D eigenvalue weighted by Crippen LogP contribution is 2.26. The molecule has 3 rings (SSSR count). The van der Waals surface area contributed by atoms with Gasteiger partial charge in [0.05, 0.1) is 11.4 Å². The van der Waals surface area contributed by atoms with E-state index in [1.807, 2.05) is 37.8 Å². The molecule has 0 amide bonds. The van der Waals surface area contributed by atoms with Crippen molar-refractivity contribution < 1.29 is 0 Å². The van der Waals surface area contributed by atoms with Crippen molar-refractivity contribution in [2.45, 2.75) is 32.2 Å². The molecule has 4 heteroatoms. The van der Waals surface area contributed by atoms with E-state index in [-0.39, 0.29) is 0 Å². The highest BCUT2D eigenvalue weighted by molar-refractivity contribution is 5.16. The molecule has 0 aromatic carbocycles. The molecule has 0 aliphatic carbocycles. The summed E-state index contributed by atoms with van der Waals surface area (Å²) in [6.45, 7) is 5.09. The highest BCUT2D eigenvalue weighted by Gasteiger charge is 2.21. The van der Waals surface area contributed by atoms with E-state index in [2.05, 4.69) is 25.9 Å². The van der Waals surface area contributed by atoms with E-state index in [9.17, 15) is 0 Å². The zero-order valence-corrected chi connectivity index (χ0v) is 11.9. The lowest BCUT2D eigenvalue weighted by atomic mass is 9.92. The average molecular weight is 268 g/mol. The monoisotopic (exact) mass is 268 g/mol. The van der Waals surface area contributed by atoms with Crippen LogP contribution >= 0.6 is 0 Å². The Morgan fingerprint density at radius 1 is 1.25 bits per heavy atom. The van der Waals surface area contributed by atoms with Crippen molar-refractivity contribution in [3.63, 3.8) is 0 Å². The molecule has 1 unspecified atom stereocenters. The third-order valence-electron chi connectivity index (χ3n) is 3.88. The minimum absolute atomic E-state index is 0.593. The van der Waals surface area contributed by atoms with E-state index in [0.717, 1.165) is 31.0 Å². The van der Waals surface area contributed by atoms with Crippen molar-refractivity contribution >= 4 is 0 Å². The van der Waals surface area contributed by atoms with Gasteiger partial charge in [-0.25, -0.2) is 0 Å². The molecule has 1 aliphatic heterocycles. The zero-order chi connectivity index (χ0) is 13.8. The van der Waals surface area contributed by atoms with Crippen molar-refractivity contribution in [2.24, 2.45) is 0 Å². The molecule has 0 N–H and O–H groups in total. The number of nitrogens with zero attached hydrogens (tertiary/aromatic N) is 4. The fraction of sp³-hybridized carbons (Fsp3) is 0.438. The lowest BCUT2D eigenvalue weighted by Crippen LogP contribution is -2.34. The molecular formula is C16H20N4. The van der Waals surface area contributed by atoms with Crippen molar-refractivity contribution in [1.29, 1.82) is 0 Å². The summed E-state index contributed by atoms with van der Waals surface area (Å²) in [6.07, 6.45) is 10.1. The molecule has 104 valence electrons. The molecule has 2 aromatic heterocycles. The second-order valence-corrected chi connectivity index (χ2v) is 5.51. The minimum atomic E-state index is 0.593. The molecule has 0 saturated carbocycles. The van der Waals surface area contributed by atoms with Crippen LogP contribution in [0.3, 0.4) is 0 Å². The van der Waals surface area contributed by atoms with E-state index >= 15 is 0 Å². The molecule has 1 fully saturated rings. The van der Waals surface area contributed by atoms with Crippen LogP contribution in [-0.2, 0) is 6.54 Å². The molecular weight excluding hydrogens is 248 g/mol. The van der Waals surface area contributed by atoms with Crippen molar-refractivity contribution in [2.75, 3.05) is 13.1 Å². The van der Waals surface area contributed by atoms with Crippen LogP contribution in [0.2, 0.25) is 0 Å². The van der Waals surface area contributed by atoms with Crippen LogP contribution in [0.5, 0.6) is 0 Å². The van der Waals surface area contributed by atoms with Crippen LogP contribution in [0, 0.1) is 6.92 Å². The number of aromatic nitrogens is 3. The smallest absolute Gasteiger partial charge is 0.0727 e. The quantitative estimate of drug-likeness (QED) is 0.858. The molecule has 1 aliphatic rings. The molecule has 3 heterocycles. The molecule has 0 spiro atoms. The Labute approximate surface area is 119 Å². The lowest BCUT2D eigenvalue weighted by Gasteiger charge is -2.32. The Morgan fingerprint density at radius 2 is 2.20 bits per heavy atom. The summed E-state index contributed by atoms with van der Waals surface area (Å²) in [4.78, 5) is 15.5. The largest absolute Gasteiger partial charge is 0.297 e. The summed E-state index contributed by atoms with van der Waals surface area (Å²) < 4.78 is 0. The lowest BCUT2D eigenvalue weighted by molar-refractivity contribution is 0.198. The van der Waals surface area contributed by atoms with Crippen molar-refractivity contribution in [3.8, 4) is 0 Å². The Bertz CT molecular complexity index is 538. The zero-order valence-electron chi connectivity index (χ0n) is 11.9. The summed E-state index contributed by atoms with van der Waals surface area (Å²) in [7, 11) is 0. The number of rotatable bonds is 3. The molecule has 1 saturated heterocycles. The number of piperidine rings is 1. The van der Waals surface area contributed by atoms with Crippen LogP contribution in [0.15, 0.2) is 36.9 Å². The van der Waals surface area contributed by atoms with Gasteiger partial charge in [0.25, 0.3) is 0 Å². The van der Waals surface area contributed by atoms with Gasteiger partial charge in [-0.05, 0) is 43.9 Å². The second kappa shape index (κ2) is 6.09. The first-order chi connectivity index (χ1) is 9.81. The third kappa shape index (κ3) is 3.20. The molecule has 0 radical (unpaired) electrons. The van der Waals surface area contributed by atoms with E-state index in [1.165, 1.54) is 18.4 Å². The van der Waals surface area contributed by atoms with Gasteiger partial charge in [-0.3, -0.25) is 19.9 Å². The van der Waals surface area contributed by atoms with Crippen LogP contribution in [0.1, 0.15) is 35.7 Å². The average Bonchev–Trinajstić information content (AvgIpc) is 2.51. The first-order valence-corrected chi connectivity index (χ1v) is 7.21. The topological polar surface area (TPSA) is 41.9 Å².